The molecule has 1 aliphatic heterocycles. The predicted octanol–water partition coefficient (Wildman–Crippen LogP) is 3.17. The molecule has 1 amide bonds. The standard InChI is InChI=1S/C18H20N4O2S/c1-11-8-12(2)16-14(9-11)19-18(25-16)22-6-4-21(5-7-22)17(23)15-10-13(3)24-20-15/h8-10H,4-7H2,1-3H3. The summed E-state index contributed by atoms with van der Waals surface area (Å²) in [7, 11) is 0. The van der Waals surface area contributed by atoms with E-state index in [1.54, 1.807) is 24.3 Å². The number of hydrogen-bond acceptors (Lipinski definition) is 6. The Morgan fingerprint density at radius 2 is 1.88 bits per heavy atom. The molecule has 0 atom stereocenters. The van der Waals surface area contributed by atoms with Gasteiger partial charge in [-0.05, 0) is 38.0 Å². The second-order valence-electron chi connectivity index (χ2n) is 6.53. The molecule has 3 heterocycles. The number of hydrogen-bond donors (Lipinski definition) is 0. The molecule has 0 bridgehead atoms. The van der Waals surface area contributed by atoms with E-state index in [2.05, 4.69) is 36.0 Å². The maximum absolute atomic E-state index is 12.5. The summed E-state index contributed by atoms with van der Waals surface area (Å²) in [5.41, 5.74) is 3.96. The van der Waals surface area contributed by atoms with E-state index in [1.165, 1.54) is 15.8 Å². The van der Waals surface area contributed by atoms with Gasteiger partial charge in [0.1, 0.15) is 5.76 Å². The van der Waals surface area contributed by atoms with E-state index in [9.17, 15) is 4.79 Å². The van der Waals surface area contributed by atoms with Crippen molar-refractivity contribution in [2.45, 2.75) is 20.8 Å². The van der Waals surface area contributed by atoms with Crippen LogP contribution in [0.4, 0.5) is 5.13 Å². The molecule has 6 nitrogen and oxygen atoms in total. The van der Waals surface area contributed by atoms with Gasteiger partial charge in [-0.15, -0.1) is 0 Å². The van der Waals surface area contributed by atoms with Crippen LogP contribution >= 0.6 is 11.3 Å². The maximum atomic E-state index is 12.5. The Kier molecular flexibility index (Phi) is 3.95. The number of fused-ring (bicyclic) bond motifs is 1. The fourth-order valence-corrected chi connectivity index (χ4v) is 4.30. The molecule has 1 aromatic carbocycles. The first-order valence-electron chi connectivity index (χ1n) is 8.36. The SMILES string of the molecule is Cc1cc(C)c2sc(N3CCN(C(=O)c4cc(C)on4)CC3)nc2c1. The predicted molar refractivity (Wildman–Crippen MR) is 98.5 cm³/mol. The molecule has 0 aliphatic carbocycles. The van der Waals surface area contributed by atoms with Gasteiger partial charge in [-0.3, -0.25) is 4.79 Å². The molecular formula is C18H20N4O2S. The van der Waals surface area contributed by atoms with Crippen molar-refractivity contribution in [3.05, 3.63) is 40.8 Å². The minimum Gasteiger partial charge on any atom is -0.361 e. The van der Waals surface area contributed by atoms with Gasteiger partial charge in [0.15, 0.2) is 10.8 Å². The van der Waals surface area contributed by atoms with Gasteiger partial charge >= 0.3 is 0 Å². The lowest BCUT2D eigenvalue weighted by molar-refractivity contribution is 0.0736. The number of nitrogens with zero attached hydrogens (tertiary/aromatic N) is 4. The van der Waals surface area contributed by atoms with Crippen molar-refractivity contribution in [3.63, 3.8) is 0 Å². The smallest absolute Gasteiger partial charge is 0.276 e. The number of carbonyl (C=O) groups excluding carboxylic acids is 1. The zero-order valence-corrected chi connectivity index (χ0v) is 15.4. The molecule has 7 heteroatoms. The number of anilines is 1. The Morgan fingerprint density at radius 3 is 2.56 bits per heavy atom. The monoisotopic (exact) mass is 356 g/mol. The first kappa shape index (κ1) is 16.1. The minimum absolute atomic E-state index is 0.0627. The van der Waals surface area contributed by atoms with Crippen molar-refractivity contribution in [1.29, 1.82) is 0 Å². The number of piperazine rings is 1. The summed E-state index contributed by atoms with van der Waals surface area (Å²) >= 11 is 1.73. The average molecular weight is 356 g/mol. The van der Waals surface area contributed by atoms with Crippen LogP contribution in [0.15, 0.2) is 22.7 Å². The van der Waals surface area contributed by atoms with Gasteiger partial charge in [-0.25, -0.2) is 4.98 Å². The van der Waals surface area contributed by atoms with Crippen LogP contribution in [0.2, 0.25) is 0 Å². The lowest BCUT2D eigenvalue weighted by Gasteiger charge is -2.34. The second-order valence-corrected chi connectivity index (χ2v) is 7.51. The number of aryl methyl sites for hydroxylation is 3. The molecule has 4 rings (SSSR count). The zero-order chi connectivity index (χ0) is 17.6. The molecule has 3 aromatic rings. The number of aromatic nitrogens is 2. The highest BCUT2D eigenvalue weighted by molar-refractivity contribution is 7.22. The summed E-state index contributed by atoms with van der Waals surface area (Å²) < 4.78 is 6.25. The van der Waals surface area contributed by atoms with E-state index >= 15 is 0 Å². The number of carbonyl (C=O) groups is 1. The van der Waals surface area contributed by atoms with E-state index < -0.39 is 0 Å². The topological polar surface area (TPSA) is 62.5 Å². The van der Waals surface area contributed by atoms with Crippen LogP contribution in [0.5, 0.6) is 0 Å². The van der Waals surface area contributed by atoms with Gasteiger partial charge in [0, 0.05) is 32.2 Å². The molecule has 1 aliphatic rings. The van der Waals surface area contributed by atoms with Crippen LogP contribution in [0.25, 0.3) is 10.2 Å². The highest BCUT2D eigenvalue weighted by atomic mass is 32.1. The van der Waals surface area contributed by atoms with Crippen molar-refractivity contribution < 1.29 is 9.32 Å². The van der Waals surface area contributed by atoms with Crippen molar-refractivity contribution in [2.75, 3.05) is 31.1 Å². The van der Waals surface area contributed by atoms with Crippen LogP contribution in [0.1, 0.15) is 27.4 Å². The molecule has 0 spiro atoms. The Hall–Kier alpha value is -2.41. The van der Waals surface area contributed by atoms with Gasteiger partial charge in [0.25, 0.3) is 5.91 Å². The molecule has 0 saturated carbocycles. The Labute approximate surface area is 150 Å². The van der Waals surface area contributed by atoms with Gasteiger partial charge in [0.2, 0.25) is 0 Å². The van der Waals surface area contributed by atoms with Crippen LogP contribution in [0.3, 0.4) is 0 Å². The van der Waals surface area contributed by atoms with E-state index in [-0.39, 0.29) is 5.91 Å². The third kappa shape index (κ3) is 3.00. The summed E-state index contributed by atoms with van der Waals surface area (Å²) in [4.78, 5) is 21.3. The number of benzene rings is 1. The van der Waals surface area contributed by atoms with Crippen LogP contribution in [-0.2, 0) is 0 Å². The van der Waals surface area contributed by atoms with Crippen LogP contribution in [-0.4, -0.2) is 47.1 Å². The second kappa shape index (κ2) is 6.15. The maximum Gasteiger partial charge on any atom is 0.276 e. The van der Waals surface area contributed by atoms with Crippen LogP contribution in [0, 0.1) is 20.8 Å². The van der Waals surface area contributed by atoms with Crippen molar-refractivity contribution in [2.24, 2.45) is 0 Å². The third-order valence-corrected chi connectivity index (χ3v) is 5.76. The van der Waals surface area contributed by atoms with Crippen molar-refractivity contribution in [1.82, 2.24) is 15.0 Å². The summed E-state index contributed by atoms with van der Waals surface area (Å²) in [5, 5.41) is 4.86. The summed E-state index contributed by atoms with van der Waals surface area (Å²) in [6.07, 6.45) is 0. The molecule has 1 saturated heterocycles. The van der Waals surface area contributed by atoms with Gasteiger partial charge in [-0.2, -0.15) is 0 Å². The van der Waals surface area contributed by atoms with E-state index in [0.717, 1.165) is 23.7 Å². The minimum atomic E-state index is -0.0627. The first-order valence-corrected chi connectivity index (χ1v) is 9.18. The summed E-state index contributed by atoms with van der Waals surface area (Å²) in [5.74, 6) is 0.592. The fourth-order valence-electron chi connectivity index (χ4n) is 3.23. The van der Waals surface area contributed by atoms with Crippen molar-refractivity contribution in [3.8, 4) is 0 Å². The molecule has 0 N–H and O–H groups in total. The fraction of sp³-hybridized carbons (Fsp3) is 0.389. The van der Waals surface area contributed by atoms with Crippen molar-refractivity contribution >= 4 is 32.6 Å². The summed E-state index contributed by atoms with van der Waals surface area (Å²) in [6.45, 7) is 8.91. The Bertz CT molecular complexity index is 938. The molecule has 130 valence electrons. The average Bonchev–Trinajstić information content (AvgIpc) is 3.21. The number of thiazole rings is 1. The zero-order valence-electron chi connectivity index (χ0n) is 14.6. The normalized spacial score (nSPS) is 15.2. The van der Waals surface area contributed by atoms with E-state index in [4.69, 9.17) is 9.51 Å². The molecule has 2 aromatic heterocycles. The van der Waals surface area contributed by atoms with Crippen LogP contribution < -0.4 is 4.90 Å². The Balaban J connectivity index is 1.48. The molecular weight excluding hydrogens is 336 g/mol. The van der Waals surface area contributed by atoms with Gasteiger partial charge < -0.3 is 14.3 Å². The van der Waals surface area contributed by atoms with E-state index in [1.807, 2.05) is 4.90 Å². The first-order chi connectivity index (χ1) is 12.0. The number of amides is 1. The van der Waals surface area contributed by atoms with Gasteiger partial charge in [-0.1, -0.05) is 22.6 Å². The third-order valence-electron chi connectivity index (χ3n) is 4.49. The quantitative estimate of drug-likeness (QED) is 0.706. The largest absolute Gasteiger partial charge is 0.361 e. The highest BCUT2D eigenvalue weighted by Gasteiger charge is 2.25. The number of rotatable bonds is 2. The van der Waals surface area contributed by atoms with E-state index in [0.29, 0.717) is 24.5 Å². The molecule has 1 fully saturated rings. The molecule has 0 radical (unpaired) electrons. The lowest BCUT2D eigenvalue weighted by atomic mass is 10.1. The highest BCUT2D eigenvalue weighted by Crippen LogP contribution is 2.32. The summed E-state index contributed by atoms with van der Waals surface area (Å²) in [6, 6.07) is 6.02. The molecule has 25 heavy (non-hydrogen) atoms. The van der Waals surface area contributed by atoms with Gasteiger partial charge in [0.05, 0.1) is 10.2 Å². The Morgan fingerprint density at radius 1 is 1.12 bits per heavy atom. The molecule has 0 unspecified atom stereocenters. The lowest BCUT2D eigenvalue weighted by Crippen LogP contribution is -2.48.